The molecule has 2 aromatic rings. The summed E-state index contributed by atoms with van der Waals surface area (Å²) in [5.74, 6) is -0.114. The van der Waals surface area contributed by atoms with E-state index in [4.69, 9.17) is 0 Å². The van der Waals surface area contributed by atoms with Crippen molar-refractivity contribution in [3.05, 3.63) is 59.4 Å². The number of amides is 1. The number of aromatic nitrogens is 1. The summed E-state index contributed by atoms with van der Waals surface area (Å²) in [5.41, 5.74) is 3.37. The molecule has 4 heteroatoms. The summed E-state index contributed by atoms with van der Waals surface area (Å²) in [6.07, 6.45) is 1.65. The van der Waals surface area contributed by atoms with Crippen molar-refractivity contribution < 1.29 is 4.79 Å². The number of carbonyl (C=O) groups is 1. The van der Waals surface area contributed by atoms with E-state index in [1.165, 1.54) is 0 Å². The number of pyridine rings is 1. The number of rotatable bonds is 5. The molecule has 1 atom stereocenters. The Hall–Kier alpha value is -2.20. The van der Waals surface area contributed by atoms with Crippen LogP contribution in [0.2, 0.25) is 0 Å². The van der Waals surface area contributed by atoms with Gasteiger partial charge in [0.25, 0.3) is 5.91 Å². The number of aryl methyl sites for hydroxylation is 1. The minimum Gasteiger partial charge on any atom is -0.322 e. The second-order valence-corrected chi connectivity index (χ2v) is 5.01. The van der Waals surface area contributed by atoms with Crippen LogP contribution in [0.3, 0.4) is 0 Å². The van der Waals surface area contributed by atoms with Crippen molar-refractivity contribution in [2.75, 3.05) is 11.9 Å². The highest BCUT2D eigenvalue weighted by atomic mass is 16.1. The Bertz CT molecular complexity index is 625. The van der Waals surface area contributed by atoms with Crippen LogP contribution in [-0.4, -0.2) is 17.4 Å². The Morgan fingerprint density at radius 3 is 2.76 bits per heavy atom. The lowest BCUT2D eigenvalue weighted by molar-refractivity contribution is 0.102. The third kappa shape index (κ3) is 3.89. The Morgan fingerprint density at radius 1 is 1.29 bits per heavy atom. The van der Waals surface area contributed by atoms with Crippen LogP contribution in [0.5, 0.6) is 0 Å². The van der Waals surface area contributed by atoms with Crippen LogP contribution < -0.4 is 10.6 Å². The predicted molar refractivity (Wildman–Crippen MR) is 85.5 cm³/mol. The summed E-state index contributed by atoms with van der Waals surface area (Å²) >= 11 is 0. The molecular formula is C17H21N3O. The first-order valence-corrected chi connectivity index (χ1v) is 7.18. The van der Waals surface area contributed by atoms with E-state index in [-0.39, 0.29) is 11.9 Å². The first-order chi connectivity index (χ1) is 10.1. The van der Waals surface area contributed by atoms with Gasteiger partial charge in [0.15, 0.2) is 0 Å². The Kier molecular flexibility index (Phi) is 5.06. The summed E-state index contributed by atoms with van der Waals surface area (Å²) in [5, 5.41) is 6.35. The molecule has 0 bridgehead atoms. The highest BCUT2D eigenvalue weighted by Crippen LogP contribution is 2.23. The summed E-state index contributed by atoms with van der Waals surface area (Å²) in [6, 6.07) is 11.6. The Labute approximate surface area is 125 Å². The van der Waals surface area contributed by atoms with Crippen LogP contribution in [0.15, 0.2) is 42.6 Å². The molecule has 0 fully saturated rings. The van der Waals surface area contributed by atoms with Crippen molar-refractivity contribution in [3.8, 4) is 0 Å². The molecule has 2 rings (SSSR count). The van der Waals surface area contributed by atoms with Gasteiger partial charge >= 0.3 is 0 Å². The number of para-hydroxylation sites is 1. The van der Waals surface area contributed by atoms with Crippen molar-refractivity contribution in [1.82, 2.24) is 10.3 Å². The first-order valence-electron chi connectivity index (χ1n) is 7.18. The minimum atomic E-state index is -0.114. The van der Waals surface area contributed by atoms with Gasteiger partial charge in [-0.2, -0.15) is 0 Å². The molecule has 110 valence electrons. The molecule has 1 amide bonds. The van der Waals surface area contributed by atoms with E-state index >= 15 is 0 Å². The molecule has 2 N–H and O–H groups in total. The van der Waals surface area contributed by atoms with Crippen LogP contribution in [0.25, 0.3) is 0 Å². The average molecular weight is 283 g/mol. The molecule has 1 aromatic carbocycles. The van der Waals surface area contributed by atoms with Crippen LogP contribution in [-0.2, 0) is 0 Å². The lowest BCUT2D eigenvalue weighted by Gasteiger charge is -2.17. The quantitative estimate of drug-likeness (QED) is 0.885. The van der Waals surface area contributed by atoms with Crippen LogP contribution in [0.4, 0.5) is 5.69 Å². The Morgan fingerprint density at radius 2 is 2.05 bits per heavy atom. The lowest BCUT2D eigenvalue weighted by Crippen LogP contribution is -2.20. The predicted octanol–water partition coefficient (Wildman–Crippen LogP) is 3.31. The SMILES string of the molecule is CCNC(C)c1ccccc1NC(=O)c1ccnc(C)c1. The summed E-state index contributed by atoms with van der Waals surface area (Å²) in [7, 11) is 0. The van der Waals surface area contributed by atoms with Gasteiger partial charge in [-0.25, -0.2) is 0 Å². The van der Waals surface area contributed by atoms with E-state index in [2.05, 4.69) is 29.5 Å². The maximum atomic E-state index is 12.3. The second-order valence-electron chi connectivity index (χ2n) is 5.01. The molecule has 0 spiro atoms. The van der Waals surface area contributed by atoms with Crippen LogP contribution in [0, 0.1) is 6.92 Å². The standard InChI is InChI=1S/C17H21N3O/c1-4-18-13(3)15-7-5-6-8-16(15)20-17(21)14-9-10-19-12(2)11-14/h5-11,13,18H,4H2,1-3H3,(H,20,21). The molecule has 4 nitrogen and oxygen atoms in total. The number of nitrogens with zero attached hydrogens (tertiary/aromatic N) is 1. The average Bonchev–Trinajstić information content (AvgIpc) is 2.48. The van der Waals surface area contributed by atoms with Crippen molar-refractivity contribution in [2.24, 2.45) is 0 Å². The van der Waals surface area contributed by atoms with Gasteiger partial charge in [0, 0.05) is 29.2 Å². The van der Waals surface area contributed by atoms with Crippen LogP contribution in [0.1, 0.15) is 41.5 Å². The largest absolute Gasteiger partial charge is 0.322 e. The molecule has 0 saturated heterocycles. The van der Waals surface area contributed by atoms with Gasteiger partial charge in [0.05, 0.1) is 0 Å². The topological polar surface area (TPSA) is 54.0 Å². The maximum Gasteiger partial charge on any atom is 0.255 e. The van der Waals surface area contributed by atoms with Crippen molar-refractivity contribution in [2.45, 2.75) is 26.8 Å². The van der Waals surface area contributed by atoms with E-state index in [0.717, 1.165) is 23.5 Å². The van der Waals surface area contributed by atoms with Gasteiger partial charge in [-0.3, -0.25) is 9.78 Å². The zero-order chi connectivity index (χ0) is 15.2. The van der Waals surface area contributed by atoms with E-state index in [0.29, 0.717) is 5.56 Å². The van der Waals surface area contributed by atoms with E-state index in [1.807, 2.05) is 31.2 Å². The van der Waals surface area contributed by atoms with E-state index in [1.54, 1.807) is 18.3 Å². The first kappa shape index (κ1) is 15.2. The zero-order valence-corrected chi connectivity index (χ0v) is 12.7. The fourth-order valence-electron chi connectivity index (χ4n) is 2.29. The fourth-order valence-corrected chi connectivity index (χ4v) is 2.29. The number of anilines is 1. The van der Waals surface area contributed by atoms with Crippen molar-refractivity contribution >= 4 is 11.6 Å². The minimum absolute atomic E-state index is 0.114. The number of hydrogen-bond donors (Lipinski definition) is 2. The third-order valence-corrected chi connectivity index (χ3v) is 3.34. The molecule has 0 aliphatic carbocycles. The maximum absolute atomic E-state index is 12.3. The van der Waals surface area contributed by atoms with Crippen molar-refractivity contribution in [3.63, 3.8) is 0 Å². The number of hydrogen-bond acceptors (Lipinski definition) is 3. The van der Waals surface area contributed by atoms with Crippen LogP contribution >= 0.6 is 0 Å². The Balaban J connectivity index is 2.21. The fraction of sp³-hybridized carbons (Fsp3) is 0.294. The molecule has 1 heterocycles. The molecule has 1 aromatic heterocycles. The number of benzene rings is 1. The summed E-state index contributed by atoms with van der Waals surface area (Å²) in [6.45, 7) is 6.91. The highest BCUT2D eigenvalue weighted by molar-refractivity contribution is 6.04. The molecular weight excluding hydrogens is 262 g/mol. The molecule has 0 aliphatic heterocycles. The smallest absolute Gasteiger partial charge is 0.255 e. The molecule has 0 radical (unpaired) electrons. The number of nitrogens with one attached hydrogen (secondary N) is 2. The molecule has 21 heavy (non-hydrogen) atoms. The normalized spacial score (nSPS) is 12.0. The van der Waals surface area contributed by atoms with E-state index < -0.39 is 0 Å². The molecule has 0 saturated carbocycles. The van der Waals surface area contributed by atoms with Gasteiger partial charge in [0.2, 0.25) is 0 Å². The summed E-state index contributed by atoms with van der Waals surface area (Å²) < 4.78 is 0. The second kappa shape index (κ2) is 6.99. The highest BCUT2D eigenvalue weighted by Gasteiger charge is 2.12. The van der Waals surface area contributed by atoms with Gasteiger partial charge in [-0.15, -0.1) is 0 Å². The monoisotopic (exact) mass is 283 g/mol. The van der Waals surface area contributed by atoms with E-state index in [9.17, 15) is 4.79 Å². The lowest BCUT2D eigenvalue weighted by atomic mass is 10.1. The van der Waals surface area contributed by atoms with Crippen molar-refractivity contribution in [1.29, 1.82) is 0 Å². The number of carbonyl (C=O) groups excluding carboxylic acids is 1. The van der Waals surface area contributed by atoms with Gasteiger partial charge in [-0.05, 0) is 44.2 Å². The summed E-state index contributed by atoms with van der Waals surface area (Å²) in [4.78, 5) is 16.4. The van der Waals surface area contributed by atoms with Gasteiger partial charge in [0.1, 0.15) is 0 Å². The van der Waals surface area contributed by atoms with Gasteiger partial charge in [-0.1, -0.05) is 25.1 Å². The van der Waals surface area contributed by atoms with Gasteiger partial charge < -0.3 is 10.6 Å². The zero-order valence-electron chi connectivity index (χ0n) is 12.7. The third-order valence-electron chi connectivity index (χ3n) is 3.34. The molecule has 1 unspecified atom stereocenters. The molecule has 0 aliphatic rings.